The molecule has 2 aromatic carbocycles. The van der Waals surface area contributed by atoms with Gasteiger partial charge in [0.25, 0.3) is 0 Å². The van der Waals surface area contributed by atoms with Gasteiger partial charge in [-0.2, -0.15) is 9.61 Å². The number of aromatic nitrogens is 4. The number of benzene rings is 2. The van der Waals surface area contributed by atoms with E-state index >= 15 is 0 Å². The first-order valence-electron chi connectivity index (χ1n) is 8.46. The lowest BCUT2D eigenvalue weighted by atomic mass is 10.1. The topological polar surface area (TPSA) is 52.3 Å². The van der Waals surface area contributed by atoms with Gasteiger partial charge >= 0.3 is 0 Å². The quantitative estimate of drug-likeness (QED) is 0.473. The summed E-state index contributed by atoms with van der Waals surface area (Å²) in [4.78, 5) is 0. The summed E-state index contributed by atoms with van der Waals surface area (Å²) in [6, 6.07) is 22.2. The first kappa shape index (κ1) is 16.6. The number of hydrogen-bond acceptors (Lipinski definition) is 5. The summed E-state index contributed by atoms with van der Waals surface area (Å²) in [6.07, 6.45) is 0. The maximum absolute atomic E-state index is 5.50. The highest BCUT2D eigenvalue weighted by Crippen LogP contribution is 2.24. The highest BCUT2D eigenvalue weighted by Gasteiger charge is 2.10. The van der Waals surface area contributed by atoms with E-state index in [1.165, 1.54) is 5.56 Å². The molecule has 0 aliphatic rings. The third-order valence-corrected chi connectivity index (χ3v) is 4.90. The molecule has 0 saturated heterocycles. The van der Waals surface area contributed by atoms with Crippen LogP contribution in [0.15, 0.2) is 71.9 Å². The number of thioether (sulfide) groups is 1. The van der Waals surface area contributed by atoms with Gasteiger partial charge in [0.1, 0.15) is 5.75 Å². The van der Waals surface area contributed by atoms with E-state index in [0.29, 0.717) is 6.61 Å². The van der Waals surface area contributed by atoms with Crippen LogP contribution in [0.4, 0.5) is 0 Å². The maximum Gasteiger partial charge on any atom is 0.212 e. The zero-order valence-corrected chi connectivity index (χ0v) is 15.2. The van der Waals surface area contributed by atoms with Crippen LogP contribution in [-0.2, 0) is 5.75 Å². The van der Waals surface area contributed by atoms with Crippen LogP contribution in [0.25, 0.3) is 16.9 Å². The third kappa shape index (κ3) is 3.55. The van der Waals surface area contributed by atoms with Gasteiger partial charge in [0, 0.05) is 11.3 Å². The Morgan fingerprint density at radius 2 is 1.73 bits per heavy atom. The molecule has 0 bridgehead atoms. The van der Waals surface area contributed by atoms with E-state index in [-0.39, 0.29) is 0 Å². The number of nitrogens with zero attached hydrogens (tertiary/aromatic N) is 4. The fourth-order valence-corrected chi connectivity index (χ4v) is 3.47. The van der Waals surface area contributed by atoms with Crippen LogP contribution in [-0.4, -0.2) is 26.4 Å². The van der Waals surface area contributed by atoms with Crippen molar-refractivity contribution in [1.29, 1.82) is 0 Å². The lowest BCUT2D eigenvalue weighted by Gasteiger charge is -2.05. The van der Waals surface area contributed by atoms with Gasteiger partial charge in [-0.15, -0.1) is 10.2 Å². The fourth-order valence-electron chi connectivity index (χ4n) is 2.62. The smallest absolute Gasteiger partial charge is 0.212 e. The second-order valence-electron chi connectivity index (χ2n) is 5.70. The molecule has 0 fully saturated rings. The zero-order chi connectivity index (χ0) is 17.8. The van der Waals surface area contributed by atoms with E-state index in [4.69, 9.17) is 9.84 Å². The molecule has 0 radical (unpaired) electrons. The first-order chi connectivity index (χ1) is 12.8. The molecular weight excluding hydrogens is 344 g/mol. The van der Waals surface area contributed by atoms with Gasteiger partial charge in [0.05, 0.1) is 12.3 Å². The average molecular weight is 362 g/mol. The lowest BCUT2D eigenvalue weighted by molar-refractivity contribution is 0.340. The lowest BCUT2D eigenvalue weighted by Crippen LogP contribution is -1.97. The van der Waals surface area contributed by atoms with Crippen LogP contribution >= 0.6 is 11.8 Å². The molecule has 2 aromatic heterocycles. The summed E-state index contributed by atoms with van der Waals surface area (Å²) >= 11 is 1.63. The van der Waals surface area contributed by atoms with Crippen molar-refractivity contribution in [2.75, 3.05) is 6.61 Å². The van der Waals surface area contributed by atoms with E-state index < -0.39 is 0 Å². The molecule has 4 aromatic rings. The van der Waals surface area contributed by atoms with Gasteiger partial charge in [0.15, 0.2) is 5.65 Å². The molecule has 0 N–H and O–H groups in total. The van der Waals surface area contributed by atoms with E-state index in [9.17, 15) is 0 Å². The molecule has 130 valence electrons. The summed E-state index contributed by atoms with van der Waals surface area (Å²) in [6.45, 7) is 2.64. The highest BCUT2D eigenvalue weighted by atomic mass is 32.2. The zero-order valence-electron chi connectivity index (χ0n) is 14.4. The standard InChI is InChI=1S/C20H18N4OS/c1-2-25-17-10-8-16(9-11-17)18-12-13-19-21-22-20(24(19)23-18)26-14-15-6-4-3-5-7-15/h3-13H,2,14H2,1H3. The molecule has 26 heavy (non-hydrogen) atoms. The van der Waals surface area contributed by atoms with Crippen molar-refractivity contribution in [2.24, 2.45) is 0 Å². The molecule has 0 aliphatic carbocycles. The summed E-state index contributed by atoms with van der Waals surface area (Å²) in [5, 5.41) is 14.0. The van der Waals surface area contributed by atoms with Crippen LogP contribution < -0.4 is 4.74 Å². The molecule has 0 amide bonds. The molecular formula is C20H18N4OS. The minimum Gasteiger partial charge on any atom is -0.494 e. The Balaban J connectivity index is 1.59. The molecule has 0 atom stereocenters. The van der Waals surface area contributed by atoms with Crippen LogP contribution in [0.2, 0.25) is 0 Å². The number of ether oxygens (including phenoxy) is 1. The monoisotopic (exact) mass is 362 g/mol. The second kappa shape index (κ2) is 7.58. The molecule has 0 spiro atoms. The highest BCUT2D eigenvalue weighted by molar-refractivity contribution is 7.98. The van der Waals surface area contributed by atoms with Crippen molar-refractivity contribution >= 4 is 17.4 Å². The van der Waals surface area contributed by atoms with Crippen molar-refractivity contribution in [3.63, 3.8) is 0 Å². The van der Waals surface area contributed by atoms with E-state index in [1.54, 1.807) is 16.3 Å². The molecule has 2 heterocycles. The molecule has 0 unspecified atom stereocenters. The summed E-state index contributed by atoms with van der Waals surface area (Å²) in [7, 11) is 0. The van der Waals surface area contributed by atoms with Crippen molar-refractivity contribution in [2.45, 2.75) is 17.8 Å². The number of fused-ring (bicyclic) bond motifs is 1. The minimum atomic E-state index is 0.659. The van der Waals surface area contributed by atoms with E-state index in [0.717, 1.165) is 33.6 Å². The van der Waals surface area contributed by atoms with Crippen LogP contribution in [0.3, 0.4) is 0 Å². The van der Waals surface area contributed by atoms with Crippen molar-refractivity contribution in [1.82, 2.24) is 19.8 Å². The van der Waals surface area contributed by atoms with Gasteiger partial charge in [0.2, 0.25) is 5.16 Å². The first-order valence-corrected chi connectivity index (χ1v) is 9.44. The Morgan fingerprint density at radius 1 is 0.923 bits per heavy atom. The van der Waals surface area contributed by atoms with E-state index in [1.807, 2.05) is 61.5 Å². The van der Waals surface area contributed by atoms with Gasteiger partial charge in [-0.1, -0.05) is 42.1 Å². The number of rotatable bonds is 6. The third-order valence-electron chi connectivity index (χ3n) is 3.91. The average Bonchev–Trinajstić information content (AvgIpc) is 3.10. The largest absolute Gasteiger partial charge is 0.494 e. The van der Waals surface area contributed by atoms with Crippen LogP contribution in [0, 0.1) is 0 Å². The van der Waals surface area contributed by atoms with Gasteiger partial charge in [-0.3, -0.25) is 0 Å². The molecule has 0 aliphatic heterocycles. The summed E-state index contributed by atoms with van der Waals surface area (Å²) in [5.74, 6) is 1.69. The normalized spacial score (nSPS) is 11.0. The Morgan fingerprint density at radius 3 is 2.50 bits per heavy atom. The second-order valence-corrected chi connectivity index (χ2v) is 6.65. The van der Waals surface area contributed by atoms with E-state index in [2.05, 4.69) is 22.3 Å². The Bertz CT molecular complexity index is 999. The Labute approximate surface area is 156 Å². The summed E-state index contributed by atoms with van der Waals surface area (Å²) < 4.78 is 7.30. The van der Waals surface area contributed by atoms with Crippen LogP contribution in [0.5, 0.6) is 5.75 Å². The van der Waals surface area contributed by atoms with Crippen LogP contribution in [0.1, 0.15) is 12.5 Å². The fraction of sp³-hybridized carbons (Fsp3) is 0.150. The van der Waals surface area contributed by atoms with Gasteiger partial charge in [-0.05, 0) is 48.9 Å². The SMILES string of the molecule is CCOc1ccc(-c2ccc3nnc(SCc4ccccc4)n3n2)cc1. The molecule has 0 saturated carbocycles. The molecule has 6 heteroatoms. The van der Waals surface area contributed by atoms with Gasteiger partial charge in [-0.25, -0.2) is 0 Å². The number of hydrogen-bond donors (Lipinski definition) is 0. The summed E-state index contributed by atoms with van der Waals surface area (Å²) in [5.41, 5.74) is 3.90. The predicted molar refractivity (Wildman–Crippen MR) is 103 cm³/mol. The maximum atomic E-state index is 5.50. The Hall–Kier alpha value is -2.86. The molecule has 4 rings (SSSR count). The van der Waals surface area contributed by atoms with Crippen molar-refractivity contribution in [3.8, 4) is 17.0 Å². The molecule has 5 nitrogen and oxygen atoms in total. The van der Waals surface area contributed by atoms with Gasteiger partial charge < -0.3 is 4.74 Å². The Kier molecular flexibility index (Phi) is 4.84. The predicted octanol–water partition coefficient (Wildman–Crippen LogP) is 4.48. The van der Waals surface area contributed by atoms with Crippen molar-refractivity contribution < 1.29 is 4.74 Å². The van der Waals surface area contributed by atoms with Crippen molar-refractivity contribution in [3.05, 3.63) is 72.3 Å². The minimum absolute atomic E-state index is 0.659.